The highest BCUT2D eigenvalue weighted by molar-refractivity contribution is 7.98. The topological polar surface area (TPSA) is 56.7 Å². The summed E-state index contributed by atoms with van der Waals surface area (Å²) in [6.45, 7) is 0.677. The first kappa shape index (κ1) is 19.7. The number of hydrogen-bond donors (Lipinski definition) is 0. The summed E-state index contributed by atoms with van der Waals surface area (Å²) in [5, 5.41) is 11.7. The maximum absolute atomic E-state index is 13.5. The van der Waals surface area contributed by atoms with E-state index in [4.69, 9.17) is 4.42 Å². The van der Waals surface area contributed by atoms with Crippen LogP contribution in [0.4, 0.5) is 4.39 Å². The Morgan fingerprint density at radius 2 is 1.90 bits per heavy atom. The highest BCUT2D eigenvalue weighted by Gasteiger charge is 2.17. The van der Waals surface area contributed by atoms with Gasteiger partial charge in [0.2, 0.25) is 5.89 Å². The van der Waals surface area contributed by atoms with Crippen LogP contribution in [0.2, 0.25) is 0 Å². The molecule has 0 bridgehead atoms. The van der Waals surface area contributed by atoms with Gasteiger partial charge in [-0.3, -0.25) is 4.57 Å². The van der Waals surface area contributed by atoms with Crippen LogP contribution in [0.15, 0.2) is 87.9 Å². The van der Waals surface area contributed by atoms with Crippen LogP contribution in [0.1, 0.15) is 11.3 Å². The van der Waals surface area contributed by atoms with Gasteiger partial charge in [-0.25, -0.2) is 9.37 Å². The van der Waals surface area contributed by atoms with Gasteiger partial charge in [-0.05, 0) is 35.2 Å². The summed E-state index contributed by atoms with van der Waals surface area (Å²) < 4.78 is 21.2. The highest BCUT2D eigenvalue weighted by Crippen LogP contribution is 2.30. The van der Waals surface area contributed by atoms with Crippen molar-refractivity contribution in [2.24, 2.45) is 0 Å². The Morgan fingerprint density at radius 1 is 1.00 bits per heavy atom. The van der Waals surface area contributed by atoms with Crippen molar-refractivity contribution in [3.63, 3.8) is 0 Å². The molecule has 31 heavy (non-hydrogen) atoms. The highest BCUT2D eigenvalue weighted by atomic mass is 32.2. The van der Waals surface area contributed by atoms with E-state index in [0.29, 0.717) is 23.8 Å². The number of oxazole rings is 1. The minimum absolute atomic E-state index is 0.318. The molecule has 3 aromatic heterocycles. The summed E-state index contributed by atoms with van der Waals surface area (Å²) in [6.07, 6.45) is 1.60. The number of hydrogen-bond acceptors (Lipinski definition) is 6. The molecular weight excluding hydrogens is 431 g/mol. The fourth-order valence-corrected chi connectivity index (χ4v) is 4.69. The third kappa shape index (κ3) is 4.45. The lowest BCUT2D eigenvalue weighted by atomic mass is 10.2. The van der Waals surface area contributed by atoms with Crippen molar-refractivity contribution in [3.8, 4) is 22.2 Å². The van der Waals surface area contributed by atoms with Crippen LogP contribution in [0.25, 0.3) is 22.2 Å². The minimum atomic E-state index is -0.318. The Kier molecular flexibility index (Phi) is 5.64. The molecule has 0 saturated carbocycles. The second-order valence-corrected chi connectivity index (χ2v) is 8.69. The van der Waals surface area contributed by atoms with Crippen LogP contribution >= 0.6 is 23.1 Å². The number of halogens is 1. The zero-order valence-corrected chi connectivity index (χ0v) is 17.9. The molecule has 0 aliphatic carbocycles. The third-order valence-electron chi connectivity index (χ3n) is 4.61. The zero-order valence-electron chi connectivity index (χ0n) is 16.3. The maximum Gasteiger partial charge on any atom is 0.226 e. The fraction of sp³-hybridized carbons (Fsp3) is 0.0870. The molecule has 0 radical (unpaired) electrons. The molecule has 5 aromatic rings. The van der Waals surface area contributed by atoms with E-state index in [1.165, 1.54) is 17.7 Å². The summed E-state index contributed by atoms with van der Waals surface area (Å²) in [5.41, 5.74) is 2.55. The predicted octanol–water partition coefficient (Wildman–Crippen LogP) is 6.14. The Balaban J connectivity index is 1.38. The molecule has 5 nitrogen and oxygen atoms in total. The molecule has 3 heterocycles. The molecule has 8 heteroatoms. The van der Waals surface area contributed by atoms with Gasteiger partial charge in [0.1, 0.15) is 12.1 Å². The third-order valence-corrected chi connectivity index (χ3v) is 6.48. The lowest BCUT2D eigenvalue weighted by molar-refractivity contribution is 0.571. The van der Waals surface area contributed by atoms with E-state index in [1.807, 2.05) is 35.7 Å². The SMILES string of the molecule is Fc1cccc(-c2nc(CSc3nnc(-c4cccs4)n3Cc3ccccc3)co2)c1. The molecule has 0 aliphatic rings. The second-order valence-electron chi connectivity index (χ2n) is 6.80. The van der Waals surface area contributed by atoms with Gasteiger partial charge in [-0.15, -0.1) is 21.5 Å². The molecule has 0 aliphatic heterocycles. The molecule has 2 aromatic carbocycles. The normalized spacial score (nSPS) is 11.1. The van der Waals surface area contributed by atoms with E-state index in [-0.39, 0.29) is 5.82 Å². The van der Waals surface area contributed by atoms with Crippen LogP contribution in [0.3, 0.4) is 0 Å². The van der Waals surface area contributed by atoms with Gasteiger partial charge in [-0.2, -0.15) is 0 Å². The maximum atomic E-state index is 13.5. The van der Waals surface area contributed by atoms with Crippen LogP contribution in [0.5, 0.6) is 0 Å². The van der Waals surface area contributed by atoms with Crippen LogP contribution < -0.4 is 0 Å². The van der Waals surface area contributed by atoms with Crippen molar-refractivity contribution in [1.29, 1.82) is 0 Å². The van der Waals surface area contributed by atoms with E-state index < -0.39 is 0 Å². The van der Waals surface area contributed by atoms with E-state index in [2.05, 4.69) is 31.9 Å². The fourth-order valence-electron chi connectivity index (χ4n) is 3.16. The second kappa shape index (κ2) is 8.87. The van der Waals surface area contributed by atoms with Crippen molar-refractivity contribution < 1.29 is 8.81 Å². The van der Waals surface area contributed by atoms with E-state index in [9.17, 15) is 4.39 Å². The van der Waals surface area contributed by atoms with E-state index >= 15 is 0 Å². The van der Waals surface area contributed by atoms with Crippen molar-refractivity contribution in [2.45, 2.75) is 17.5 Å². The van der Waals surface area contributed by atoms with Gasteiger partial charge in [-0.1, -0.05) is 54.2 Å². The number of aromatic nitrogens is 4. The molecule has 0 N–H and O–H groups in total. The molecule has 0 saturated heterocycles. The van der Waals surface area contributed by atoms with E-state index in [0.717, 1.165) is 21.6 Å². The predicted molar refractivity (Wildman–Crippen MR) is 120 cm³/mol. The molecular formula is C23H17FN4OS2. The number of benzene rings is 2. The standard InChI is InChI=1S/C23H17FN4OS2/c24-18-9-4-8-17(12-18)22-25-19(14-29-22)15-31-23-27-26-21(20-10-5-11-30-20)28(23)13-16-6-2-1-3-7-16/h1-12,14H,13,15H2. The van der Waals surface area contributed by atoms with Crippen molar-refractivity contribution in [3.05, 3.63) is 95.4 Å². The first-order valence-electron chi connectivity index (χ1n) is 9.60. The Hall–Kier alpha value is -3.23. The van der Waals surface area contributed by atoms with Gasteiger partial charge in [0, 0.05) is 11.3 Å². The smallest absolute Gasteiger partial charge is 0.226 e. The minimum Gasteiger partial charge on any atom is -0.444 e. The molecule has 0 atom stereocenters. The number of thioether (sulfide) groups is 1. The number of rotatable bonds is 7. The van der Waals surface area contributed by atoms with Gasteiger partial charge >= 0.3 is 0 Å². The lowest BCUT2D eigenvalue weighted by Gasteiger charge is -2.09. The molecule has 5 rings (SSSR count). The molecule has 0 fully saturated rings. The van der Waals surface area contributed by atoms with Crippen LogP contribution in [0, 0.1) is 5.82 Å². The Morgan fingerprint density at radius 3 is 2.71 bits per heavy atom. The summed E-state index contributed by atoms with van der Waals surface area (Å²) in [7, 11) is 0. The average Bonchev–Trinajstić information content (AvgIpc) is 3.54. The van der Waals surface area contributed by atoms with Crippen molar-refractivity contribution >= 4 is 23.1 Å². The molecule has 0 unspecified atom stereocenters. The number of nitrogens with zero attached hydrogens (tertiary/aromatic N) is 4. The summed E-state index contributed by atoms with van der Waals surface area (Å²) >= 11 is 3.19. The quantitative estimate of drug-likeness (QED) is 0.280. The Labute approximate surface area is 186 Å². The largest absolute Gasteiger partial charge is 0.444 e. The first-order valence-corrected chi connectivity index (χ1v) is 11.5. The molecule has 0 spiro atoms. The van der Waals surface area contributed by atoms with E-state index in [1.54, 1.807) is 41.5 Å². The Bertz CT molecular complexity index is 1280. The summed E-state index contributed by atoms with van der Waals surface area (Å²) in [5.74, 6) is 1.50. The lowest BCUT2D eigenvalue weighted by Crippen LogP contribution is -2.03. The number of thiophene rings is 1. The van der Waals surface area contributed by atoms with Crippen molar-refractivity contribution in [2.75, 3.05) is 0 Å². The van der Waals surface area contributed by atoms with Gasteiger partial charge in [0.25, 0.3) is 0 Å². The summed E-state index contributed by atoms with van der Waals surface area (Å²) in [6, 6.07) is 20.5. The van der Waals surface area contributed by atoms with Crippen molar-refractivity contribution in [1.82, 2.24) is 19.7 Å². The molecule has 154 valence electrons. The van der Waals surface area contributed by atoms with Gasteiger partial charge < -0.3 is 4.42 Å². The molecule has 0 amide bonds. The zero-order chi connectivity index (χ0) is 21.0. The monoisotopic (exact) mass is 448 g/mol. The van der Waals surface area contributed by atoms with Gasteiger partial charge in [0.05, 0.1) is 17.1 Å². The first-order chi connectivity index (χ1) is 15.3. The average molecular weight is 449 g/mol. The van der Waals surface area contributed by atoms with Crippen LogP contribution in [-0.2, 0) is 12.3 Å². The van der Waals surface area contributed by atoms with Gasteiger partial charge in [0.15, 0.2) is 11.0 Å². The van der Waals surface area contributed by atoms with Crippen LogP contribution in [-0.4, -0.2) is 19.7 Å². The summed E-state index contributed by atoms with van der Waals surface area (Å²) in [4.78, 5) is 5.57.